The summed E-state index contributed by atoms with van der Waals surface area (Å²) in [4.78, 5) is 0. The van der Waals surface area contributed by atoms with Crippen molar-refractivity contribution in [2.24, 2.45) is 0 Å². The second kappa shape index (κ2) is 5.55. The lowest BCUT2D eigenvalue weighted by atomic mass is 10.1. The van der Waals surface area contributed by atoms with Crippen LogP contribution in [0.5, 0.6) is 5.75 Å². The second-order valence-corrected chi connectivity index (χ2v) is 4.08. The average Bonchev–Trinajstić information content (AvgIpc) is 2.40. The molecule has 1 unspecified atom stereocenters. The van der Waals surface area contributed by atoms with Gasteiger partial charge >= 0.3 is 0 Å². The Morgan fingerprint density at radius 1 is 1.53 bits per heavy atom. The predicted molar refractivity (Wildman–Crippen MR) is 65.2 cm³/mol. The number of ether oxygens (including phenoxy) is 2. The number of methoxy groups -OCH3 is 1. The van der Waals surface area contributed by atoms with Gasteiger partial charge in [-0.2, -0.15) is 5.26 Å². The average molecular weight is 232 g/mol. The van der Waals surface area contributed by atoms with Crippen molar-refractivity contribution in [3.8, 4) is 11.8 Å². The normalized spacial score (nSPS) is 19.4. The van der Waals surface area contributed by atoms with E-state index in [1.165, 1.54) is 0 Å². The molecule has 1 N–H and O–H groups in total. The maximum atomic E-state index is 9.05. The van der Waals surface area contributed by atoms with Crippen LogP contribution in [-0.4, -0.2) is 26.4 Å². The molecule has 1 atom stereocenters. The van der Waals surface area contributed by atoms with Crippen LogP contribution < -0.4 is 10.1 Å². The van der Waals surface area contributed by atoms with Gasteiger partial charge in [0.1, 0.15) is 11.8 Å². The standard InChI is InChI=1S/C13H16N2O2/c1-16-12-5-4-10(8-14)13(7-12)15-11-3-2-6-17-9-11/h4-5,7,11,15H,2-3,6,9H2,1H3. The van der Waals surface area contributed by atoms with Crippen molar-refractivity contribution in [3.05, 3.63) is 23.8 Å². The van der Waals surface area contributed by atoms with Crippen LogP contribution in [0.4, 0.5) is 5.69 Å². The Hall–Kier alpha value is -1.73. The Morgan fingerprint density at radius 3 is 3.06 bits per heavy atom. The van der Waals surface area contributed by atoms with Gasteiger partial charge in [-0.15, -0.1) is 0 Å². The summed E-state index contributed by atoms with van der Waals surface area (Å²) in [5.74, 6) is 0.753. The highest BCUT2D eigenvalue weighted by Gasteiger charge is 2.15. The molecule has 0 saturated carbocycles. The topological polar surface area (TPSA) is 54.3 Å². The molecule has 17 heavy (non-hydrogen) atoms. The summed E-state index contributed by atoms with van der Waals surface area (Å²) in [7, 11) is 1.62. The van der Waals surface area contributed by atoms with Crippen molar-refractivity contribution in [1.29, 1.82) is 5.26 Å². The number of anilines is 1. The van der Waals surface area contributed by atoms with Crippen molar-refractivity contribution >= 4 is 5.69 Å². The second-order valence-electron chi connectivity index (χ2n) is 4.08. The molecule has 0 bridgehead atoms. The molecule has 1 heterocycles. The third kappa shape index (κ3) is 2.89. The Morgan fingerprint density at radius 2 is 2.41 bits per heavy atom. The molecule has 4 heteroatoms. The molecule has 0 amide bonds. The zero-order valence-corrected chi connectivity index (χ0v) is 9.90. The van der Waals surface area contributed by atoms with Crippen LogP contribution in [-0.2, 0) is 4.74 Å². The Bertz CT molecular complexity index is 420. The fourth-order valence-corrected chi connectivity index (χ4v) is 1.94. The van der Waals surface area contributed by atoms with Gasteiger partial charge in [0.2, 0.25) is 0 Å². The summed E-state index contributed by atoms with van der Waals surface area (Å²) in [5.41, 5.74) is 1.46. The van der Waals surface area contributed by atoms with Crippen molar-refractivity contribution in [3.63, 3.8) is 0 Å². The van der Waals surface area contributed by atoms with Crippen LogP contribution in [0.1, 0.15) is 18.4 Å². The van der Waals surface area contributed by atoms with E-state index in [0.717, 1.165) is 30.9 Å². The number of rotatable bonds is 3. The fraction of sp³-hybridized carbons (Fsp3) is 0.462. The first-order chi connectivity index (χ1) is 8.33. The van der Waals surface area contributed by atoms with Gasteiger partial charge in [0.05, 0.1) is 25.0 Å². The first kappa shape index (κ1) is 11.7. The van der Waals surface area contributed by atoms with Crippen LogP contribution in [0, 0.1) is 11.3 Å². The molecule has 1 aromatic carbocycles. The van der Waals surface area contributed by atoms with E-state index in [2.05, 4.69) is 11.4 Å². The smallest absolute Gasteiger partial charge is 0.121 e. The van der Waals surface area contributed by atoms with Gasteiger partial charge in [-0.1, -0.05) is 0 Å². The van der Waals surface area contributed by atoms with E-state index in [9.17, 15) is 0 Å². The van der Waals surface area contributed by atoms with Crippen molar-refractivity contribution in [1.82, 2.24) is 0 Å². The van der Waals surface area contributed by atoms with Gasteiger partial charge in [-0.05, 0) is 25.0 Å². The number of hydrogen-bond acceptors (Lipinski definition) is 4. The van der Waals surface area contributed by atoms with E-state index in [4.69, 9.17) is 14.7 Å². The van der Waals surface area contributed by atoms with Crippen molar-refractivity contribution in [2.45, 2.75) is 18.9 Å². The van der Waals surface area contributed by atoms with Crippen LogP contribution in [0.3, 0.4) is 0 Å². The van der Waals surface area contributed by atoms with Crippen molar-refractivity contribution < 1.29 is 9.47 Å². The van der Waals surface area contributed by atoms with Crippen LogP contribution in [0.25, 0.3) is 0 Å². The Labute approximate surface area is 101 Å². The molecule has 0 aromatic heterocycles. The summed E-state index contributed by atoms with van der Waals surface area (Å²) in [6.07, 6.45) is 2.13. The number of benzene rings is 1. The molecule has 0 radical (unpaired) electrons. The number of nitriles is 1. The predicted octanol–water partition coefficient (Wildman–Crippen LogP) is 2.16. The summed E-state index contributed by atoms with van der Waals surface area (Å²) in [6.45, 7) is 1.53. The highest BCUT2D eigenvalue weighted by atomic mass is 16.5. The van der Waals surface area contributed by atoms with Gasteiger partial charge in [-0.3, -0.25) is 0 Å². The lowest BCUT2D eigenvalue weighted by Crippen LogP contribution is -2.30. The molecule has 1 aromatic rings. The van der Waals surface area contributed by atoms with Gasteiger partial charge in [-0.25, -0.2) is 0 Å². The van der Waals surface area contributed by atoms with E-state index in [0.29, 0.717) is 12.2 Å². The molecule has 0 spiro atoms. The number of nitrogens with one attached hydrogen (secondary N) is 1. The Kier molecular flexibility index (Phi) is 3.84. The minimum atomic E-state index is 0.281. The molecule has 1 aliphatic rings. The monoisotopic (exact) mass is 232 g/mol. The van der Waals surface area contributed by atoms with Gasteiger partial charge in [0.15, 0.2) is 0 Å². The zero-order valence-electron chi connectivity index (χ0n) is 9.90. The van der Waals surface area contributed by atoms with Gasteiger partial charge in [0, 0.05) is 18.7 Å². The molecule has 4 nitrogen and oxygen atoms in total. The maximum Gasteiger partial charge on any atom is 0.121 e. The van der Waals surface area contributed by atoms with E-state index >= 15 is 0 Å². The molecule has 1 fully saturated rings. The van der Waals surface area contributed by atoms with Gasteiger partial charge < -0.3 is 14.8 Å². The van der Waals surface area contributed by atoms with E-state index in [-0.39, 0.29) is 6.04 Å². The summed E-state index contributed by atoms with van der Waals surface area (Å²) in [5, 5.41) is 12.4. The molecule has 0 aliphatic carbocycles. The third-order valence-corrected chi connectivity index (χ3v) is 2.87. The van der Waals surface area contributed by atoms with Crippen LogP contribution in [0.2, 0.25) is 0 Å². The lowest BCUT2D eigenvalue weighted by molar-refractivity contribution is 0.0876. The summed E-state index contributed by atoms with van der Waals surface area (Å²) in [6, 6.07) is 7.87. The first-order valence-corrected chi connectivity index (χ1v) is 5.76. The molecule has 2 rings (SSSR count). The van der Waals surface area contributed by atoms with Crippen molar-refractivity contribution in [2.75, 3.05) is 25.6 Å². The zero-order chi connectivity index (χ0) is 12.1. The van der Waals surface area contributed by atoms with Gasteiger partial charge in [0.25, 0.3) is 0 Å². The third-order valence-electron chi connectivity index (χ3n) is 2.87. The largest absolute Gasteiger partial charge is 0.497 e. The first-order valence-electron chi connectivity index (χ1n) is 5.76. The summed E-state index contributed by atoms with van der Waals surface area (Å²) >= 11 is 0. The Balaban J connectivity index is 2.14. The molecular weight excluding hydrogens is 216 g/mol. The fourth-order valence-electron chi connectivity index (χ4n) is 1.94. The highest BCUT2D eigenvalue weighted by molar-refractivity contribution is 5.60. The molecule has 1 aliphatic heterocycles. The van der Waals surface area contributed by atoms with Crippen LogP contribution in [0.15, 0.2) is 18.2 Å². The number of nitrogens with zero attached hydrogens (tertiary/aromatic N) is 1. The highest BCUT2D eigenvalue weighted by Crippen LogP contribution is 2.24. The van der Waals surface area contributed by atoms with E-state index in [1.807, 2.05) is 6.07 Å². The SMILES string of the molecule is COc1ccc(C#N)c(NC2CCCOC2)c1. The molecule has 1 saturated heterocycles. The van der Waals surface area contributed by atoms with Crippen LogP contribution >= 0.6 is 0 Å². The maximum absolute atomic E-state index is 9.05. The minimum Gasteiger partial charge on any atom is -0.497 e. The summed E-state index contributed by atoms with van der Waals surface area (Å²) < 4.78 is 10.6. The quantitative estimate of drug-likeness (QED) is 0.867. The number of hydrogen-bond donors (Lipinski definition) is 1. The van der Waals surface area contributed by atoms with E-state index < -0.39 is 0 Å². The molecule has 90 valence electrons. The van der Waals surface area contributed by atoms with E-state index in [1.54, 1.807) is 19.2 Å². The molecular formula is C13H16N2O2. The minimum absolute atomic E-state index is 0.281. The lowest BCUT2D eigenvalue weighted by Gasteiger charge is -2.24.